The van der Waals surface area contributed by atoms with Crippen molar-refractivity contribution in [3.63, 3.8) is 0 Å². The number of amides is 1. The summed E-state index contributed by atoms with van der Waals surface area (Å²) < 4.78 is 34.6. The number of hydrogen-bond acceptors (Lipinski definition) is 4. The number of piperidine rings is 1. The molecule has 29 heavy (non-hydrogen) atoms. The first-order valence-corrected chi connectivity index (χ1v) is 11.2. The van der Waals surface area contributed by atoms with Crippen LogP contribution in [0.5, 0.6) is 5.75 Å². The van der Waals surface area contributed by atoms with Crippen LogP contribution in [0.15, 0.2) is 41.4 Å². The summed E-state index contributed by atoms with van der Waals surface area (Å²) in [7, 11) is -2.11. The molecule has 0 spiro atoms. The van der Waals surface area contributed by atoms with Gasteiger partial charge in [-0.1, -0.05) is 6.42 Å². The van der Waals surface area contributed by atoms with Crippen LogP contribution in [-0.4, -0.2) is 38.8 Å². The molecule has 1 aromatic carbocycles. The molecule has 1 fully saturated rings. The van der Waals surface area contributed by atoms with Gasteiger partial charge < -0.3 is 10.1 Å². The van der Waals surface area contributed by atoms with Crippen LogP contribution in [0.3, 0.4) is 0 Å². The lowest BCUT2D eigenvalue weighted by Gasteiger charge is -2.26. The zero-order valence-corrected chi connectivity index (χ0v) is 18.0. The summed E-state index contributed by atoms with van der Waals surface area (Å²) in [5, 5.41) is 2.80. The van der Waals surface area contributed by atoms with Crippen LogP contribution in [0.2, 0.25) is 0 Å². The van der Waals surface area contributed by atoms with Gasteiger partial charge in [-0.2, -0.15) is 8.87 Å². The number of hydrogen-bond donors (Lipinski definition) is 1. The molecule has 8 heteroatoms. The number of ether oxygens (including phenoxy) is 1. The smallest absolute Gasteiger partial charge is 0.290 e. The minimum atomic E-state index is -3.60. The number of nitrogens with zero attached hydrogens (tertiary/aromatic N) is 2. The van der Waals surface area contributed by atoms with Crippen molar-refractivity contribution in [2.75, 3.05) is 25.5 Å². The molecule has 0 bridgehead atoms. The van der Waals surface area contributed by atoms with Crippen molar-refractivity contribution < 1.29 is 22.5 Å². The van der Waals surface area contributed by atoms with Crippen LogP contribution in [0.4, 0.5) is 5.69 Å². The molecule has 0 radical (unpaired) electrons. The number of carbonyl (C=O) groups excluding carboxylic acids is 1. The third-order valence-corrected chi connectivity index (χ3v) is 7.22. The molecular weight excluding hydrogens is 390 g/mol. The molecule has 1 aliphatic rings. The largest absolute Gasteiger partial charge is 0.495 e. The standard InChI is InChI=1S/C21H27N3O4S/c1-16-8-7-11-23(17(16)2)15-21(25)22-19-14-18(9-10-20(19)28-3)29(26,27)24-12-5-4-6-13-24/h7-11,14H,4-6,12-13,15H2,1-3H3/p+1. The van der Waals surface area contributed by atoms with E-state index in [-0.39, 0.29) is 17.3 Å². The van der Waals surface area contributed by atoms with E-state index >= 15 is 0 Å². The molecule has 1 N–H and O–H groups in total. The summed E-state index contributed by atoms with van der Waals surface area (Å²) in [6, 6.07) is 8.47. The number of carbonyl (C=O) groups is 1. The van der Waals surface area contributed by atoms with Crippen LogP contribution in [0.1, 0.15) is 30.5 Å². The molecule has 156 valence electrons. The number of benzene rings is 1. The molecule has 0 atom stereocenters. The predicted molar refractivity (Wildman–Crippen MR) is 110 cm³/mol. The maximum atomic E-state index is 13.0. The van der Waals surface area contributed by atoms with Crippen molar-refractivity contribution in [3.05, 3.63) is 47.8 Å². The summed E-state index contributed by atoms with van der Waals surface area (Å²) in [4.78, 5) is 12.8. The molecule has 1 aromatic heterocycles. The predicted octanol–water partition coefficient (Wildman–Crippen LogP) is 2.41. The fourth-order valence-electron chi connectivity index (χ4n) is 3.47. The van der Waals surface area contributed by atoms with E-state index in [4.69, 9.17) is 4.74 Å². The molecule has 1 aliphatic heterocycles. The van der Waals surface area contributed by atoms with E-state index in [2.05, 4.69) is 5.32 Å². The lowest BCUT2D eigenvalue weighted by molar-refractivity contribution is -0.690. The van der Waals surface area contributed by atoms with Gasteiger partial charge in [0.05, 0.1) is 17.7 Å². The number of aromatic nitrogens is 1. The van der Waals surface area contributed by atoms with Crippen molar-refractivity contribution in [3.8, 4) is 5.75 Å². The molecule has 0 aliphatic carbocycles. The van der Waals surface area contributed by atoms with Crippen molar-refractivity contribution in [1.29, 1.82) is 0 Å². The number of sulfonamides is 1. The average Bonchev–Trinajstić information content (AvgIpc) is 2.72. The van der Waals surface area contributed by atoms with E-state index in [0.29, 0.717) is 24.5 Å². The fraction of sp³-hybridized carbons (Fsp3) is 0.429. The van der Waals surface area contributed by atoms with Crippen LogP contribution < -0.4 is 14.6 Å². The van der Waals surface area contributed by atoms with Crippen molar-refractivity contribution in [2.24, 2.45) is 0 Å². The first-order chi connectivity index (χ1) is 13.8. The Labute approximate surface area is 172 Å². The SMILES string of the molecule is COc1ccc(S(=O)(=O)N2CCCCC2)cc1NC(=O)C[n+]1cccc(C)c1C. The Morgan fingerprint density at radius 3 is 2.59 bits per heavy atom. The van der Waals surface area contributed by atoms with Gasteiger partial charge in [0.1, 0.15) is 5.75 Å². The monoisotopic (exact) mass is 418 g/mol. The second kappa shape index (κ2) is 8.92. The van der Waals surface area contributed by atoms with Crippen molar-refractivity contribution in [2.45, 2.75) is 44.6 Å². The van der Waals surface area contributed by atoms with E-state index in [9.17, 15) is 13.2 Å². The van der Waals surface area contributed by atoms with E-state index in [1.807, 2.05) is 36.7 Å². The van der Waals surface area contributed by atoms with E-state index in [0.717, 1.165) is 30.5 Å². The van der Waals surface area contributed by atoms with Crippen LogP contribution in [0, 0.1) is 13.8 Å². The Kier molecular flexibility index (Phi) is 6.54. The average molecular weight is 419 g/mol. The molecule has 1 amide bonds. The third-order valence-electron chi connectivity index (χ3n) is 5.33. The molecular formula is C21H28N3O4S+. The lowest BCUT2D eigenvalue weighted by atomic mass is 10.2. The van der Waals surface area contributed by atoms with Crippen LogP contribution >= 0.6 is 0 Å². The summed E-state index contributed by atoms with van der Waals surface area (Å²) in [5.74, 6) is 0.163. The van der Waals surface area contributed by atoms with Crippen molar-refractivity contribution in [1.82, 2.24) is 4.31 Å². The van der Waals surface area contributed by atoms with E-state index in [1.54, 1.807) is 6.07 Å². The normalized spacial score (nSPS) is 15.1. The minimum Gasteiger partial charge on any atom is -0.495 e. The minimum absolute atomic E-state index is 0.125. The van der Waals surface area contributed by atoms with Crippen LogP contribution in [0.25, 0.3) is 0 Å². The summed E-state index contributed by atoms with van der Waals surface area (Å²) in [5.41, 5.74) is 2.44. The highest BCUT2D eigenvalue weighted by Gasteiger charge is 2.27. The lowest BCUT2D eigenvalue weighted by Crippen LogP contribution is -2.43. The highest BCUT2D eigenvalue weighted by Crippen LogP contribution is 2.30. The Balaban J connectivity index is 1.83. The first-order valence-electron chi connectivity index (χ1n) is 9.76. The summed E-state index contributed by atoms with van der Waals surface area (Å²) in [6.45, 7) is 5.12. The molecule has 2 heterocycles. The Morgan fingerprint density at radius 1 is 1.17 bits per heavy atom. The number of methoxy groups -OCH3 is 1. The van der Waals surface area contributed by atoms with Crippen molar-refractivity contribution >= 4 is 21.6 Å². The number of rotatable bonds is 6. The topological polar surface area (TPSA) is 79.6 Å². The van der Waals surface area contributed by atoms with Gasteiger partial charge in [-0.25, -0.2) is 8.42 Å². The van der Waals surface area contributed by atoms with Gasteiger partial charge >= 0.3 is 0 Å². The highest BCUT2D eigenvalue weighted by atomic mass is 32.2. The molecule has 3 rings (SSSR count). The molecule has 0 saturated carbocycles. The van der Waals surface area contributed by atoms with Gasteiger partial charge in [0, 0.05) is 31.6 Å². The maximum absolute atomic E-state index is 13.0. The quantitative estimate of drug-likeness (QED) is 0.731. The number of pyridine rings is 1. The van der Waals surface area contributed by atoms with E-state index < -0.39 is 10.0 Å². The van der Waals surface area contributed by atoms with Gasteiger partial charge in [-0.15, -0.1) is 0 Å². The van der Waals surface area contributed by atoms with Crippen LogP contribution in [-0.2, 0) is 21.4 Å². The zero-order valence-electron chi connectivity index (χ0n) is 17.1. The Bertz CT molecular complexity index is 999. The number of aryl methyl sites for hydroxylation is 1. The Morgan fingerprint density at radius 2 is 1.90 bits per heavy atom. The zero-order chi connectivity index (χ0) is 21.0. The number of anilines is 1. The first kappa shape index (κ1) is 21.3. The molecule has 0 unspecified atom stereocenters. The van der Waals surface area contributed by atoms with Gasteiger partial charge in [-0.3, -0.25) is 4.79 Å². The summed E-state index contributed by atoms with van der Waals surface area (Å²) in [6.07, 6.45) is 4.63. The second-order valence-electron chi connectivity index (χ2n) is 7.28. The maximum Gasteiger partial charge on any atom is 0.290 e. The Hall–Kier alpha value is -2.45. The van der Waals surface area contributed by atoms with Gasteiger partial charge in [0.15, 0.2) is 11.9 Å². The van der Waals surface area contributed by atoms with Gasteiger partial charge in [0.25, 0.3) is 5.91 Å². The second-order valence-corrected chi connectivity index (χ2v) is 9.22. The van der Waals surface area contributed by atoms with Gasteiger partial charge in [0.2, 0.25) is 16.6 Å². The molecule has 7 nitrogen and oxygen atoms in total. The highest BCUT2D eigenvalue weighted by molar-refractivity contribution is 7.89. The summed E-state index contributed by atoms with van der Waals surface area (Å²) >= 11 is 0. The third kappa shape index (κ3) is 4.76. The molecule has 2 aromatic rings. The molecule has 1 saturated heterocycles. The van der Waals surface area contributed by atoms with E-state index in [1.165, 1.54) is 23.5 Å². The number of nitrogens with one attached hydrogen (secondary N) is 1. The van der Waals surface area contributed by atoms with Gasteiger partial charge in [-0.05, 0) is 44.0 Å². The fourth-order valence-corrected chi connectivity index (χ4v) is 5.01.